The molecule has 100 valence electrons. The molecule has 2 aromatic rings. The molecule has 1 N–H and O–H groups in total. The zero-order chi connectivity index (χ0) is 13.5. The van der Waals surface area contributed by atoms with Gasteiger partial charge in [-0.1, -0.05) is 18.2 Å². The van der Waals surface area contributed by atoms with Crippen molar-refractivity contribution < 1.29 is 4.74 Å². The first-order chi connectivity index (χ1) is 9.29. The summed E-state index contributed by atoms with van der Waals surface area (Å²) in [7, 11) is 1.69. The average molecular weight is 256 g/mol. The lowest BCUT2D eigenvalue weighted by atomic mass is 10.1. The molecule has 0 unspecified atom stereocenters. The molecule has 2 rings (SSSR count). The number of hydrogen-bond acceptors (Lipinski definition) is 3. The van der Waals surface area contributed by atoms with E-state index in [9.17, 15) is 0 Å². The number of nitrogens with one attached hydrogen (secondary N) is 1. The number of pyridine rings is 1. The first-order valence-corrected chi connectivity index (χ1v) is 6.57. The maximum atomic E-state index is 5.15. The van der Waals surface area contributed by atoms with Gasteiger partial charge in [0.15, 0.2) is 0 Å². The second-order valence-electron chi connectivity index (χ2n) is 4.53. The SMILES string of the molecule is COc1ccc(CCN[C@@H](C)c2ccccn2)cc1. The van der Waals surface area contributed by atoms with Crippen molar-refractivity contribution >= 4 is 0 Å². The zero-order valence-corrected chi connectivity index (χ0v) is 11.5. The molecule has 0 radical (unpaired) electrons. The third-order valence-electron chi connectivity index (χ3n) is 3.15. The van der Waals surface area contributed by atoms with Gasteiger partial charge in [0.25, 0.3) is 0 Å². The summed E-state index contributed by atoms with van der Waals surface area (Å²) in [5, 5.41) is 3.48. The van der Waals surface area contributed by atoms with Crippen LogP contribution in [0.5, 0.6) is 5.75 Å². The van der Waals surface area contributed by atoms with Crippen LogP contribution in [-0.4, -0.2) is 18.6 Å². The Morgan fingerprint density at radius 3 is 2.58 bits per heavy atom. The molecule has 0 bridgehead atoms. The maximum absolute atomic E-state index is 5.15. The van der Waals surface area contributed by atoms with E-state index >= 15 is 0 Å². The Balaban J connectivity index is 1.79. The molecule has 0 aliphatic carbocycles. The van der Waals surface area contributed by atoms with Gasteiger partial charge in [-0.2, -0.15) is 0 Å². The highest BCUT2D eigenvalue weighted by molar-refractivity contribution is 5.27. The van der Waals surface area contributed by atoms with Gasteiger partial charge in [-0.3, -0.25) is 4.98 Å². The Labute approximate surface area is 114 Å². The summed E-state index contributed by atoms with van der Waals surface area (Å²) < 4.78 is 5.15. The Bertz CT molecular complexity index is 482. The molecule has 0 saturated carbocycles. The van der Waals surface area contributed by atoms with Crippen LogP contribution in [0, 0.1) is 0 Å². The fraction of sp³-hybridized carbons (Fsp3) is 0.312. The summed E-state index contributed by atoms with van der Waals surface area (Å²) in [6.45, 7) is 3.07. The maximum Gasteiger partial charge on any atom is 0.118 e. The van der Waals surface area contributed by atoms with E-state index in [2.05, 4.69) is 29.4 Å². The standard InChI is InChI=1S/C16H20N2O/c1-13(16-5-3-4-11-18-16)17-12-10-14-6-8-15(19-2)9-7-14/h3-9,11,13,17H,10,12H2,1-2H3/t13-/m0/s1. The summed E-state index contributed by atoms with van der Waals surface area (Å²) in [5.74, 6) is 0.901. The minimum absolute atomic E-state index is 0.277. The topological polar surface area (TPSA) is 34.1 Å². The Kier molecular flexibility index (Phi) is 4.93. The van der Waals surface area contributed by atoms with E-state index in [1.807, 2.05) is 36.5 Å². The summed E-state index contributed by atoms with van der Waals surface area (Å²) in [6.07, 6.45) is 2.83. The third kappa shape index (κ3) is 4.07. The quantitative estimate of drug-likeness (QED) is 0.862. The van der Waals surface area contributed by atoms with Crippen LogP contribution in [0.1, 0.15) is 24.2 Å². The molecule has 19 heavy (non-hydrogen) atoms. The van der Waals surface area contributed by atoms with Gasteiger partial charge in [0.2, 0.25) is 0 Å². The number of methoxy groups -OCH3 is 1. The van der Waals surface area contributed by atoms with Gasteiger partial charge in [-0.05, 0) is 49.7 Å². The average Bonchev–Trinajstić information content (AvgIpc) is 2.49. The first-order valence-electron chi connectivity index (χ1n) is 6.57. The van der Waals surface area contributed by atoms with Crippen LogP contribution in [0.2, 0.25) is 0 Å². The minimum atomic E-state index is 0.277. The van der Waals surface area contributed by atoms with E-state index in [0.29, 0.717) is 0 Å². The third-order valence-corrected chi connectivity index (χ3v) is 3.15. The summed E-state index contributed by atoms with van der Waals surface area (Å²) in [6, 6.07) is 14.5. The van der Waals surface area contributed by atoms with Gasteiger partial charge >= 0.3 is 0 Å². The zero-order valence-electron chi connectivity index (χ0n) is 11.5. The van der Waals surface area contributed by atoms with Crippen molar-refractivity contribution in [1.29, 1.82) is 0 Å². The molecule has 0 spiro atoms. The van der Waals surface area contributed by atoms with Crippen LogP contribution < -0.4 is 10.1 Å². The molecule has 1 aromatic heterocycles. The molecule has 3 heteroatoms. The molecule has 0 amide bonds. The van der Waals surface area contributed by atoms with Gasteiger partial charge in [0.1, 0.15) is 5.75 Å². The molecule has 0 aliphatic rings. The first kappa shape index (κ1) is 13.6. The van der Waals surface area contributed by atoms with E-state index in [1.165, 1.54) is 5.56 Å². The smallest absolute Gasteiger partial charge is 0.118 e. The van der Waals surface area contributed by atoms with Crippen molar-refractivity contribution in [3.63, 3.8) is 0 Å². The molecule has 0 fully saturated rings. The van der Waals surface area contributed by atoms with Gasteiger partial charge in [-0.25, -0.2) is 0 Å². The molecular formula is C16H20N2O. The van der Waals surface area contributed by atoms with Gasteiger partial charge < -0.3 is 10.1 Å². The second kappa shape index (κ2) is 6.90. The van der Waals surface area contributed by atoms with Crippen LogP contribution in [0.4, 0.5) is 0 Å². The van der Waals surface area contributed by atoms with Crippen molar-refractivity contribution in [3.8, 4) is 5.75 Å². The van der Waals surface area contributed by atoms with Crippen molar-refractivity contribution in [1.82, 2.24) is 10.3 Å². The molecule has 1 atom stereocenters. The Hall–Kier alpha value is -1.87. The number of hydrogen-bond donors (Lipinski definition) is 1. The monoisotopic (exact) mass is 256 g/mol. The highest BCUT2D eigenvalue weighted by Gasteiger charge is 2.04. The molecule has 0 saturated heterocycles. The minimum Gasteiger partial charge on any atom is -0.497 e. The number of benzene rings is 1. The van der Waals surface area contributed by atoms with Crippen LogP contribution in [0.25, 0.3) is 0 Å². The predicted octanol–water partition coefficient (Wildman–Crippen LogP) is 2.98. The van der Waals surface area contributed by atoms with Crippen molar-refractivity contribution in [2.45, 2.75) is 19.4 Å². The number of rotatable bonds is 6. The van der Waals surface area contributed by atoms with E-state index < -0.39 is 0 Å². The lowest BCUT2D eigenvalue weighted by molar-refractivity contribution is 0.414. The highest BCUT2D eigenvalue weighted by atomic mass is 16.5. The lowest BCUT2D eigenvalue weighted by Crippen LogP contribution is -2.22. The van der Waals surface area contributed by atoms with Crippen molar-refractivity contribution in [2.75, 3.05) is 13.7 Å². The van der Waals surface area contributed by atoms with E-state index in [0.717, 1.165) is 24.4 Å². The van der Waals surface area contributed by atoms with Crippen LogP contribution in [-0.2, 0) is 6.42 Å². The fourth-order valence-corrected chi connectivity index (χ4v) is 1.96. The number of nitrogens with zero attached hydrogens (tertiary/aromatic N) is 1. The largest absolute Gasteiger partial charge is 0.497 e. The molecule has 1 heterocycles. The highest BCUT2D eigenvalue weighted by Crippen LogP contribution is 2.12. The lowest BCUT2D eigenvalue weighted by Gasteiger charge is -2.13. The second-order valence-corrected chi connectivity index (χ2v) is 4.53. The number of ether oxygens (including phenoxy) is 1. The van der Waals surface area contributed by atoms with E-state index in [4.69, 9.17) is 4.74 Å². The fourth-order valence-electron chi connectivity index (χ4n) is 1.96. The van der Waals surface area contributed by atoms with Crippen LogP contribution in [0.15, 0.2) is 48.7 Å². The van der Waals surface area contributed by atoms with Crippen molar-refractivity contribution in [3.05, 3.63) is 59.9 Å². The van der Waals surface area contributed by atoms with Crippen LogP contribution >= 0.6 is 0 Å². The van der Waals surface area contributed by atoms with E-state index in [-0.39, 0.29) is 6.04 Å². The van der Waals surface area contributed by atoms with E-state index in [1.54, 1.807) is 7.11 Å². The molecular weight excluding hydrogens is 236 g/mol. The summed E-state index contributed by atoms with van der Waals surface area (Å²) in [4.78, 5) is 4.35. The Morgan fingerprint density at radius 2 is 1.95 bits per heavy atom. The van der Waals surface area contributed by atoms with Gasteiger partial charge in [-0.15, -0.1) is 0 Å². The molecule has 0 aliphatic heterocycles. The number of aromatic nitrogens is 1. The van der Waals surface area contributed by atoms with Gasteiger partial charge in [0.05, 0.1) is 12.8 Å². The normalized spacial score (nSPS) is 12.1. The van der Waals surface area contributed by atoms with Crippen molar-refractivity contribution in [2.24, 2.45) is 0 Å². The summed E-state index contributed by atoms with van der Waals surface area (Å²) >= 11 is 0. The predicted molar refractivity (Wildman–Crippen MR) is 77.4 cm³/mol. The summed E-state index contributed by atoms with van der Waals surface area (Å²) in [5.41, 5.74) is 2.39. The molecule has 3 nitrogen and oxygen atoms in total. The van der Waals surface area contributed by atoms with Gasteiger partial charge in [0, 0.05) is 12.2 Å². The molecule has 1 aromatic carbocycles. The Morgan fingerprint density at radius 1 is 1.16 bits per heavy atom. The van der Waals surface area contributed by atoms with Crippen LogP contribution in [0.3, 0.4) is 0 Å².